The SMILES string of the molecule is C[C@H](NC(=O)CCc1nc2cccnc2n1Cc1ccc(OCc2ccccc2)cc1)c1ccc(F)cc1. The highest BCUT2D eigenvalue weighted by Gasteiger charge is 2.15. The summed E-state index contributed by atoms with van der Waals surface area (Å²) in [5.74, 6) is 1.22. The minimum Gasteiger partial charge on any atom is -0.489 e. The van der Waals surface area contributed by atoms with Gasteiger partial charge in [-0.2, -0.15) is 0 Å². The fourth-order valence-electron chi connectivity index (χ4n) is 4.35. The molecule has 0 aliphatic rings. The maximum Gasteiger partial charge on any atom is 0.220 e. The molecule has 1 atom stereocenters. The molecular weight excluding hydrogens is 479 g/mol. The zero-order valence-electron chi connectivity index (χ0n) is 21.2. The van der Waals surface area contributed by atoms with Crippen LogP contribution in [-0.4, -0.2) is 20.4 Å². The van der Waals surface area contributed by atoms with Gasteiger partial charge in [0.2, 0.25) is 5.91 Å². The van der Waals surface area contributed by atoms with Crippen LogP contribution >= 0.6 is 0 Å². The van der Waals surface area contributed by atoms with Crippen LogP contribution in [0.3, 0.4) is 0 Å². The molecule has 5 aromatic rings. The van der Waals surface area contributed by atoms with Crippen LogP contribution in [0.2, 0.25) is 0 Å². The van der Waals surface area contributed by atoms with E-state index < -0.39 is 0 Å². The fourth-order valence-corrected chi connectivity index (χ4v) is 4.35. The highest BCUT2D eigenvalue weighted by Crippen LogP contribution is 2.20. The Balaban J connectivity index is 1.24. The summed E-state index contributed by atoms with van der Waals surface area (Å²) < 4.78 is 21.2. The number of nitrogens with zero attached hydrogens (tertiary/aromatic N) is 3. The molecule has 0 fully saturated rings. The van der Waals surface area contributed by atoms with E-state index >= 15 is 0 Å². The first-order valence-electron chi connectivity index (χ1n) is 12.7. The van der Waals surface area contributed by atoms with Crippen molar-refractivity contribution in [1.82, 2.24) is 19.9 Å². The van der Waals surface area contributed by atoms with Crippen LogP contribution in [0, 0.1) is 5.82 Å². The number of ether oxygens (including phenoxy) is 1. The Morgan fingerprint density at radius 1 is 0.947 bits per heavy atom. The van der Waals surface area contributed by atoms with Crippen molar-refractivity contribution in [2.45, 2.75) is 39.0 Å². The van der Waals surface area contributed by atoms with Gasteiger partial charge in [-0.15, -0.1) is 0 Å². The molecule has 0 unspecified atom stereocenters. The van der Waals surface area contributed by atoms with Crippen molar-refractivity contribution in [3.8, 4) is 5.75 Å². The first-order chi connectivity index (χ1) is 18.5. The summed E-state index contributed by atoms with van der Waals surface area (Å²) >= 11 is 0. The van der Waals surface area contributed by atoms with E-state index in [4.69, 9.17) is 9.72 Å². The predicted molar refractivity (Wildman–Crippen MR) is 145 cm³/mol. The summed E-state index contributed by atoms with van der Waals surface area (Å²) in [6, 6.07) is 27.8. The van der Waals surface area contributed by atoms with Crippen molar-refractivity contribution in [3.05, 3.63) is 126 Å². The van der Waals surface area contributed by atoms with E-state index in [-0.39, 0.29) is 24.2 Å². The lowest BCUT2D eigenvalue weighted by Gasteiger charge is -2.15. The molecule has 0 saturated carbocycles. The quantitative estimate of drug-likeness (QED) is 0.251. The molecule has 0 aliphatic heterocycles. The summed E-state index contributed by atoms with van der Waals surface area (Å²) in [6.45, 7) is 2.98. The van der Waals surface area contributed by atoms with Gasteiger partial charge in [0.15, 0.2) is 5.65 Å². The molecule has 2 heterocycles. The van der Waals surface area contributed by atoms with Gasteiger partial charge >= 0.3 is 0 Å². The van der Waals surface area contributed by atoms with Crippen LogP contribution in [0.25, 0.3) is 11.2 Å². The van der Waals surface area contributed by atoms with E-state index in [1.54, 1.807) is 18.3 Å². The molecule has 6 nitrogen and oxygen atoms in total. The number of nitrogens with one attached hydrogen (secondary N) is 1. The van der Waals surface area contributed by atoms with E-state index in [1.165, 1.54) is 12.1 Å². The third-order valence-corrected chi connectivity index (χ3v) is 6.42. The van der Waals surface area contributed by atoms with Crippen LogP contribution in [-0.2, 0) is 24.4 Å². The van der Waals surface area contributed by atoms with E-state index in [0.29, 0.717) is 19.6 Å². The van der Waals surface area contributed by atoms with Gasteiger partial charge in [0.1, 0.15) is 29.5 Å². The van der Waals surface area contributed by atoms with Crippen LogP contribution in [0.4, 0.5) is 4.39 Å². The lowest BCUT2D eigenvalue weighted by molar-refractivity contribution is -0.121. The average molecular weight is 509 g/mol. The number of aryl methyl sites for hydroxylation is 1. The Hall–Kier alpha value is -4.52. The largest absolute Gasteiger partial charge is 0.489 e. The van der Waals surface area contributed by atoms with Crippen LogP contribution < -0.4 is 10.1 Å². The molecular formula is C31H29FN4O2. The van der Waals surface area contributed by atoms with Crippen molar-refractivity contribution in [1.29, 1.82) is 0 Å². The number of imidazole rings is 1. The molecule has 3 aromatic carbocycles. The van der Waals surface area contributed by atoms with E-state index in [1.807, 2.05) is 73.7 Å². The summed E-state index contributed by atoms with van der Waals surface area (Å²) in [5, 5.41) is 2.99. The minimum atomic E-state index is -0.297. The molecule has 38 heavy (non-hydrogen) atoms. The van der Waals surface area contributed by atoms with Gasteiger partial charge in [0.05, 0.1) is 12.6 Å². The smallest absolute Gasteiger partial charge is 0.220 e. The number of carbonyl (C=O) groups is 1. The number of carbonyl (C=O) groups excluding carboxylic acids is 1. The first kappa shape index (κ1) is 25.1. The molecule has 5 rings (SSSR count). The number of pyridine rings is 1. The van der Waals surface area contributed by atoms with Crippen molar-refractivity contribution >= 4 is 17.1 Å². The second-order valence-corrected chi connectivity index (χ2v) is 9.22. The van der Waals surface area contributed by atoms with E-state index in [0.717, 1.165) is 39.4 Å². The second-order valence-electron chi connectivity index (χ2n) is 9.22. The maximum atomic E-state index is 13.2. The lowest BCUT2D eigenvalue weighted by Crippen LogP contribution is -2.27. The number of benzene rings is 3. The normalized spacial score (nSPS) is 11.8. The second kappa shape index (κ2) is 11.7. The molecule has 7 heteroatoms. The molecule has 0 saturated heterocycles. The molecule has 0 bridgehead atoms. The molecule has 2 aromatic heterocycles. The Morgan fingerprint density at radius 2 is 1.71 bits per heavy atom. The number of fused-ring (bicyclic) bond motifs is 1. The molecule has 192 valence electrons. The number of aromatic nitrogens is 3. The number of amides is 1. The van der Waals surface area contributed by atoms with Gasteiger partial charge < -0.3 is 14.6 Å². The van der Waals surface area contributed by atoms with Gasteiger partial charge in [-0.3, -0.25) is 4.79 Å². The Kier molecular flexibility index (Phi) is 7.73. The Morgan fingerprint density at radius 3 is 2.47 bits per heavy atom. The summed E-state index contributed by atoms with van der Waals surface area (Å²) in [7, 11) is 0. The summed E-state index contributed by atoms with van der Waals surface area (Å²) in [4.78, 5) is 22.0. The molecule has 1 amide bonds. The van der Waals surface area contributed by atoms with E-state index in [9.17, 15) is 9.18 Å². The van der Waals surface area contributed by atoms with Gasteiger partial charge in [-0.05, 0) is 60.0 Å². The molecule has 0 spiro atoms. The highest BCUT2D eigenvalue weighted by atomic mass is 19.1. The highest BCUT2D eigenvalue weighted by molar-refractivity contribution is 5.77. The Bertz CT molecular complexity index is 1500. The van der Waals surface area contributed by atoms with E-state index in [2.05, 4.69) is 14.9 Å². The van der Waals surface area contributed by atoms with Crippen molar-refractivity contribution in [2.24, 2.45) is 0 Å². The summed E-state index contributed by atoms with van der Waals surface area (Å²) in [5.41, 5.74) is 4.63. The summed E-state index contributed by atoms with van der Waals surface area (Å²) in [6.07, 6.45) is 2.50. The van der Waals surface area contributed by atoms with Crippen LogP contribution in [0.1, 0.15) is 41.9 Å². The number of hydrogen-bond donors (Lipinski definition) is 1. The van der Waals surface area contributed by atoms with Gasteiger partial charge in [0.25, 0.3) is 0 Å². The van der Waals surface area contributed by atoms with Crippen molar-refractivity contribution in [2.75, 3.05) is 0 Å². The molecule has 0 aliphatic carbocycles. The lowest BCUT2D eigenvalue weighted by atomic mass is 10.1. The number of halogens is 1. The van der Waals surface area contributed by atoms with Crippen molar-refractivity contribution < 1.29 is 13.9 Å². The zero-order chi connectivity index (χ0) is 26.3. The molecule has 0 radical (unpaired) electrons. The molecule has 1 N–H and O–H groups in total. The fraction of sp³-hybridized carbons (Fsp3) is 0.194. The third-order valence-electron chi connectivity index (χ3n) is 6.42. The monoisotopic (exact) mass is 508 g/mol. The van der Waals surface area contributed by atoms with Gasteiger partial charge in [0, 0.05) is 19.0 Å². The Labute approximate surface area is 221 Å². The zero-order valence-corrected chi connectivity index (χ0v) is 21.2. The van der Waals surface area contributed by atoms with Crippen molar-refractivity contribution in [3.63, 3.8) is 0 Å². The average Bonchev–Trinajstić information content (AvgIpc) is 3.29. The maximum absolute atomic E-state index is 13.2. The van der Waals surface area contributed by atoms with Gasteiger partial charge in [-0.25, -0.2) is 14.4 Å². The topological polar surface area (TPSA) is 69.0 Å². The number of rotatable bonds is 10. The minimum absolute atomic E-state index is 0.0895. The van der Waals surface area contributed by atoms with Crippen LogP contribution in [0.15, 0.2) is 97.2 Å². The first-order valence-corrected chi connectivity index (χ1v) is 12.7. The standard InChI is InChI=1S/C31H29FN4O2/c1-22(25-11-13-26(32)14-12-25)34-30(37)18-17-29-35-28-8-5-19-33-31(28)36(29)20-23-9-15-27(16-10-23)38-21-24-6-3-2-4-7-24/h2-16,19,22H,17-18,20-21H2,1H3,(H,34,37)/t22-/m0/s1. The van der Waals surface area contributed by atoms with Crippen LogP contribution in [0.5, 0.6) is 5.75 Å². The predicted octanol–water partition coefficient (Wildman–Crippen LogP) is 6.01. The third kappa shape index (κ3) is 6.24. The number of hydrogen-bond acceptors (Lipinski definition) is 4. The van der Waals surface area contributed by atoms with Gasteiger partial charge in [-0.1, -0.05) is 54.6 Å².